The molecule has 1 aromatic heterocycles. The molecule has 90 valence electrons. The lowest BCUT2D eigenvalue weighted by Gasteiger charge is -2.29. The van der Waals surface area contributed by atoms with E-state index in [9.17, 15) is 4.79 Å². The van der Waals surface area contributed by atoms with E-state index in [1.54, 1.807) is 0 Å². The highest BCUT2D eigenvalue weighted by molar-refractivity contribution is 5.77. The number of nitrogens with two attached hydrogens (primary N) is 1. The van der Waals surface area contributed by atoms with E-state index >= 15 is 0 Å². The Balaban J connectivity index is 3.10. The number of rotatable bonds is 3. The topological polar surface area (TPSA) is 68.1 Å². The van der Waals surface area contributed by atoms with Gasteiger partial charge in [-0.3, -0.25) is 4.79 Å². The molecule has 16 heavy (non-hydrogen) atoms. The van der Waals surface area contributed by atoms with Gasteiger partial charge in [0.25, 0.3) is 0 Å². The lowest BCUT2D eigenvalue weighted by Crippen LogP contribution is -2.47. The highest BCUT2D eigenvalue weighted by Gasteiger charge is 2.36. The fraction of sp³-hybridized carbons (Fsp3) is 0.583. The average Bonchev–Trinajstić information content (AvgIpc) is 2.56. The molecule has 4 heteroatoms. The van der Waals surface area contributed by atoms with Gasteiger partial charge in [0.05, 0.1) is 7.11 Å². The highest BCUT2D eigenvalue weighted by Crippen LogP contribution is 2.30. The monoisotopic (exact) mass is 224 g/mol. The van der Waals surface area contributed by atoms with Crippen LogP contribution in [-0.2, 0) is 14.9 Å². The standard InChI is InChI=1S/C12H20N2O2/c1-7-6-9(8(2)14-7)12(3,4)10(13)11(15)16-5/h6,10,14H,13H2,1-5H3. The molecule has 0 saturated carbocycles. The maximum Gasteiger partial charge on any atom is 0.323 e. The first-order chi connectivity index (χ1) is 7.30. The lowest BCUT2D eigenvalue weighted by molar-refractivity contribution is -0.143. The fourth-order valence-electron chi connectivity index (χ4n) is 1.98. The zero-order chi connectivity index (χ0) is 12.5. The van der Waals surface area contributed by atoms with Crippen LogP contribution in [0.15, 0.2) is 6.07 Å². The number of carbonyl (C=O) groups excluding carboxylic acids is 1. The zero-order valence-corrected chi connectivity index (χ0v) is 10.5. The quantitative estimate of drug-likeness (QED) is 0.763. The minimum Gasteiger partial charge on any atom is -0.468 e. The molecule has 0 radical (unpaired) electrons. The van der Waals surface area contributed by atoms with Crippen LogP contribution in [0.3, 0.4) is 0 Å². The Morgan fingerprint density at radius 1 is 1.50 bits per heavy atom. The summed E-state index contributed by atoms with van der Waals surface area (Å²) in [7, 11) is 1.35. The number of hydrogen-bond donors (Lipinski definition) is 2. The Morgan fingerprint density at radius 3 is 2.44 bits per heavy atom. The summed E-state index contributed by atoms with van der Waals surface area (Å²) in [4.78, 5) is 14.7. The Bertz CT molecular complexity index is 394. The summed E-state index contributed by atoms with van der Waals surface area (Å²) >= 11 is 0. The van der Waals surface area contributed by atoms with Crippen LogP contribution in [0, 0.1) is 13.8 Å². The first-order valence-electron chi connectivity index (χ1n) is 5.30. The molecule has 0 spiro atoms. The van der Waals surface area contributed by atoms with Gasteiger partial charge in [0.2, 0.25) is 0 Å². The van der Waals surface area contributed by atoms with Crippen LogP contribution >= 0.6 is 0 Å². The average molecular weight is 224 g/mol. The Hall–Kier alpha value is -1.29. The van der Waals surface area contributed by atoms with Crippen molar-refractivity contribution in [1.82, 2.24) is 4.98 Å². The summed E-state index contributed by atoms with van der Waals surface area (Å²) < 4.78 is 4.69. The number of aromatic nitrogens is 1. The molecule has 3 N–H and O–H groups in total. The summed E-state index contributed by atoms with van der Waals surface area (Å²) in [6.45, 7) is 7.86. The maximum absolute atomic E-state index is 11.5. The third-order valence-electron chi connectivity index (χ3n) is 3.08. The molecule has 1 aromatic rings. The van der Waals surface area contributed by atoms with Crippen LogP contribution in [0.2, 0.25) is 0 Å². The molecule has 0 fully saturated rings. The van der Waals surface area contributed by atoms with Crippen LogP contribution in [0.5, 0.6) is 0 Å². The van der Waals surface area contributed by atoms with Crippen molar-refractivity contribution in [2.75, 3.05) is 7.11 Å². The molecule has 1 heterocycles. The van der Waals surface area contributed by atoms with Gasteiger partial charge < -0.3 is 15.5 Å². The molecule has 0 amide bonds. The number of esters is 1. The fourth-order valence-corrected chi connectivity index (χ4v) is 1.98. The first-order valence-corrected chi connectivity index (χ1v) is 5.30. The minimum absolute atomic E-state index is 0.386. The van der Waals surface area contributed by atoms with Crippen molar-refractivity contribution in [2.45, 2.75) is 39.2 Å². The van der Waals surface area contributed by atoms with Crippen molar-refractivity contribution in [3.05, 3.63) is 23.0 Å². The van der Waals surface area contributed by atoms with Gasteiger partial charge in [-0.1, -0.05) is 13.8 Å². The van der Waals surface area contributed by atoms with Crippen LogP contribution in [0.1, 0.15) is 30.8 Å². The SMILES string of the molecule is COC(=O)C(N)C(C)(C)c1cc(C)[nH]c1C. The van der Waals surface area contributed by atoms with Crippen molar-refractivity contribution < 1.29 is 9.53 Å². The van der Waals surface area contributed by atoms with E-state index in [4.69, 9.17) is 10.5 Å². The summed E-state index contributed by atoms with van der Waals surface area (Å²) in [5, 5.41) is 0. The largest absolute Gasteiger partial charge is 0.468 e. The van der Waals surface area contributed by atoms with Crippen LogP contribution < -0.4 is 5.73 Å². The zero-order valence-electron chi connectivity index (χ0n) is 10.5. The summed E-state index contributed by atoms with van der Waals surface area (Å²) in [5.74, 6) is -0.386. The molecule has 1 rings (SSSR count). The minimum atomic E-state index is -0.661. The van der Waals surface area contributed by atoms with E-state index in [1.807, 2.05) is 33.8 Å². The molecular weight excluding hydrogens is 204 g/mol. The summed E-state index contributed by atoms with van der Waals surface area (Å²) in [6.07, 6.45) is 0. The molecular formula is C12H20N2O2. The Kier molecular flexibility index (Phi) is 3.43. The predicted molar refractivity (Wildman–Crippen MR) is 63.3 cm³/mol. The van der Waals surface area contributed by atoms with Crippen molar-refractivity contribution >= 4 is 5.97 Å². The van der Waals surface area contributed by atoms with Crippen LogP contribution in [0.4, 0.5) is 0 Å². The van der Waals surface area contributed by atoms with Gasteiger partial charge in [0.1, 0.15) is 6.04 Å². The number of carbonyl (C=O) groups is 1. The molecule has 0 aliphatic carbocycles. The predicted octanol–water partition coefficient (Wildman–Crippen LogP) is 1.41. The van der Waals surface area contributed by atoms with E-state index in [2.05, 4.69) is 4.98 Å². The second-order valence-corrected chi connectivity index (χ2v) is 4.71. The number of ether oxygens (including phenoxy) is 1. The summed E-state index contributed by atoms with van der Waals surface area (Å²) in [6, 6.07) is 1.37. The number of methoxy groups -OCH3 is 1. The van der Waals surface area contributed by atoms with E-state index in [0.29, 0.717) is 0 Å². The molecule has 0 aliphatic rings. The van der Waals surface area contributed by atoms with Gasteiger partial charge in [-0.05, 0) is 25.5 Å². The van der Waals surface area contributed by atoms with E-state index in [1.165, 1.54) is 7.11 Å². The third-order valence-corrected chi connectivity index (χ3v) is 3.08. The van der Waals surface area contributed by atoms with Gasteiger partial charge in [0.15, 0.2) is 0 Å². The van der Waals surface area contributed by atoms with Gasteiger partial charge in [-0.15, -0.1) is 0 Å². The summed E-state index contributed by atoms with van der Waals surface area (Å²) in [5.41, 5.74) is 8.65. The lowest BCUT2D eigenvalue weighted by atomic mass is 9.78. The van der Waals surface area contributed by atoms with Crippen molar-refractivity contribution in [3.63, 3.8) is 0 Å². The van der Waals surface area contributed by atoms with Gasteiger partial charge in [0, 0.05) is 16.8 Å². The maximum atomic E-state index is 11.5. The second kappa shape index (κ2) is 4.29. The molecule has 0 aromatic carbocycles. The number of aromatic amines is 1. The Morgan fingerprint density at radius 2 is 2.06 bits per heavy atom. The van der Waals surface area contributed by atoms with Crippen molar-refractivity contribution in [3.8, 4) is 0 Å². The first kappa shape index (κ1) is 12.8. The van der Waals surface area contributed by atoms with Crippen molar-refractivity contribution in [1.29, 1.82) is 0 Å². The molecule has 4 nitrogen and oxygen atoms in total. The second-order valence-electron chi connectivity index (χ2n) is 4.71. The Labute approximate surface area is 96.2 Å². The van der Waals surface area contributed by atoms with E-state index < -0.39 is 11.5 Å². The molecule has 1 unspecified atom stereocenters. The number of H-pyrrole nitrogens is 1. The van der Waals surface area contributed by atoms with E-state index in [-0.39, 0.29) is 5.97 Å². The van der Waals surface area contributed by atoms with E-state index in [0.717, 1.165) is 17.0 Å². The normalized spacial score (nSPS) is 13.6. The molecule has 1 atom stereocenters. The number of aryl methyl sites for hydroxylation is 2. The molecule has 0 aliphatic heterocycles. The van der Waals surface area contributed by atoms with Gasteiger partial charge in [-0.2, -0.15) is 0 Å². The third kappa shape index (κ3) is 2.11. The molecule has 0 saturated heterocycles. The number of nitrogens with one attached hydrogen (secondary N) is 1. The molecule has 0 bridgehead atoms. The number of hydrogen-bond acceptors (Lipinski definition) is 3. The van der Waals surface area contributed by atoms with Gasteiger partial charge in [-0.25, -0.2) is 0 Å². The van der Waals surface area contributed by atoms with Gasteiger partial charge >= 0.3 is 5.97 Å². The van der Waals surface area contributed by atoms with Crippen molar-refractivity contribution in [2.24, 2.45) is 5.73 Å². The smallest absolute Gasteiger partial charge is 0.323 e. The highest BCUT2D eigenvalue weighted by atomic mass is 16.5. The van der Waals surface area contributed by atoms with Crippen LogP contribution in [0.25, 0.3) is 0 Å². The van der Waals surface area contributed by atoms with Crippen LogP contribution in [-0.4, -0.2) is 24.1 Å².